The maximum absolute atomic E-state index is 4.70. The van der Waals surface area contributed by atoms with Crippen LogP contribution in [0.3, 0.4) is 0 Å². The van der Waals surface area contributed by atoms with Crippen LogP contribution in [0.5, 0.6) is 0 Å². The number of halogens is 1. The number of pyridine rings is 1. The van der Waals surface area contributed by atoms with E-state index in [1.165, 1.54) is 11.3 Å². The van der Waals surface area contributed by atoms with Crippen LogP contribution < -0.4 is 5.32 Å². The van der Waals surface area contributed by atoms with Crippen LogP contribution in [0.1, 0.15) is 44.1 Å². The summed E-state index contributed by atoms with van der Waals surface area (Å²) in [5.41, 5.74) is 3.49. The molecule has 21 heavy (non-hydrogen) atoms. The third-order valence-corrected chi connectivity index (χ3v) is 3.84. The van der Waals surface area contributed by atoms with E-state index < -0.39 is 0 Å². The Bertz CT molecular complexity index is 592. The van der Waals surface area contributed by atoms with Gasteiger partial charge in [-0.25, -0.2) is 9.67 Å². The van der Waals surface area contributed by atoms with Crippen LogP contribution in [0.4, 0.5) is 0 Å². The van der Waals surface area contributed by atoms with Crippen molar-refractivity contribution in [1.29, 1.82) is 0 Å². The van der Waals surface area contributed by atoms with Crippen molar-refractivity contribution in [3.05, 3.63) is 39.8 Å². The molecule has 2 aromatic rings. The zero-order valence-corrected chi connectivity index (χ0v) is 14.6. The molecule has 0 bridgehead atoms. The second-order valence-corrected chi connectivity index (χ2v) is 5.97. The van der Waals surface area contributed by atoms with Crippen molar-refractivity contribution in [3.63, 3.8) is 0 Å². The Balaban J connectivity index is 2.40. The van der Waals surface area contributed by atoms with Gasteiger partial charge in [0.1, 0.15) is 0 Å². The van der Waals surface area contributed by atoms with Crippen LogP contribution in [-0.2, 0) is 19.4 Å². The number of nitrogens with one attached hydrogen (secondary N) is 1. The fourth-order valence-electron chi connectivity index (χ4n) is 2.28. The van der Waals surface area contributed by atoms with Gasteiger partial charge in [-0.3, -0.25) is 0 Å². The van der Waals surface area contributed by atoms with Gasteiger partial charge in [-0.2, -0.15) is 5.10 Å². The number of rotatable bonds is 7. The fourth-order valence-corrected chi connectivity index (χ4v) is 2.66. The summed E-state index contributed by atoms with van der Waals surface area (Å²) in [6.45, 7) is 8.26. The van der Waals surface area contributed by atoms with Gasteiger partial charge in [0.05, 0.1) is 5.69 Å². The van der Waals surface area contributed by atoms with Crippen molar-refractivity contribution in [3.8, 4) is 5.82 Å². The summed E-state index contributed by atoms with van der Waals surface area (Å²) in [5, 5.41) is 8.14. The standard InChI is InChI=1S/C16H23BrN4/c1-4-7-18-10-12-8-13(17)11-19-16(12)21-15(6-3)9-14(5-2)20-21/h8-9,11,18H,4-7,10H2,1-3H3. The molecular formula is C16H23BrN4. The number of aromatic nitrogens is 3. The highest BCUT2D eigenvalue weighted by molar-refractivity contribution is 9.10. The molecule has 0 atom stereocenters. The quantitative estimate of drug-likeness (QED) is 0.775. The van der Waals surface area contributed by atoms with E-state index in [0.29, 0.717) is 0 Å². The minimum Gasteiger partial charge on any atom is -0.313 e. The molecule has 0 saturated heterocycles. The second kappa shape index (κ2) is 7.71. The number of aryl methyl sites for hydroxylation is 2. The van der Waals surface area contributed by atoms with Gasteiger partial charge in [-0.15, -0.1) is 0 Å². The van der Waals surface area contributed by atoms with Crippen molar-refractivity contribution in [2.45, 2.75) is 46.6 Å². The van der Waals surface area contributed by atoms with Gasteiger partial charge < -0.3 is 5.32 Å². The van der Waals surface area contributed by atoms with Crippen molar-refractivity contribution < 1.29 is 0 Å². The molecule has 0 amide bonds. The van der Waals surface area contributed by atoms with E-state index in [1.807, 2.05) is 10.9 Å². The van der Waals surface area contributed by atoms with E-state index in [9.17, 15) is 0 Å². The smallest absolute Gasteiger partial charge is 0.158 e. The van der Waals surface area contributed by atoms with Crippen molar-refractivity contribution in [2.75, 3.05) is 6.54 Å². The first-order valence-electron chi connectivity index (χ1n) is 7.62. The maximum Gasteiger partial charge on any atom is 0.158 e. The normalized spacial score (nSPS) is 11.0. The molecule has 2 aromatic heterocycles. The molecule has 0 aliphatic heterocycles. The summed E-state index contributed by atoms with van der Waals surface area (Å²) < 4.78 is 2.99. The van der Waals surface area contributed by atoms with Crippen LogP contribution in [-0.4, -0.2) is 21.3 Å². The maximum atomic E-state index is 4.70. The molecule has 5 heteroatoms. The van der Waals surface area contributed by atoms with Gasteiger partial charge in [0.25, 0.3) is 0 Å². The third kappa shape index (κ3) is 3.92. The molecule has 1 N–H and O–H groups in total. The fraction of sp³-hybridized carbons (Fsp3) is 0.500. The molecule has 0 aliphatic carbocycles. The number of nitrogens with zero attached hydrogens (tertiary/aromatic N) is 3. The van der Waals surface area contributed by atoms with E-state index in [4.69, 9.17) is 5.10 Å². The SMILES string of the molecule is CCCNCc1cc(Br)cnc1-n1nc(CC)cc1CC. The lowest BCUT2D eigenvalue weighted by atomic mass is 10.2. The zero-order valence-electron chi connectivity index (χ0n) is 13.0. The van der Waals surface area contributed by atoms with Crippen LogP contribution in [0.15, 0.2) is 22.8 Å². The van der Waals surface area contributed by atoms with Crippen molar-refractivity contribution in [2.24, 2.45) is 0 Å². The molecule has 0 fully saturated rings. The Morgan fingerprint density at radius 2 is 2.00 bits per heavy atom. The first kappa shape index (κ1) is 16.2. The summed E-state index contributed by atoms with van der Waals surface area (Å²) in [5.74, 6) is 0.929. The van der Waals surface area contributed by atoms with Gasteiger partial charge in [0.2, 0.25) is 0 Å². The highest BCUT2D eigenvalue weighted by Gasteiger charge is 2.13. The Hall–Kier alpha value is -1.20. The molecule has 0 saturated carbocycles. The summed E-state index contributed by atoms with van der Waals surface area (Å²) in [6, 6.07) is 4.30. The average molecular weight is 351 g/mol. The van der Waals surface area contributed by atoms with Crippen LogP contribution >= 0.6 is 15.9 Å². The Kier molecular flexibility index (Phi) is 5.94. The lowest BCUT2D eigenvalue weighted by molar-refractivity contribution is 0.662. The lowest BCUT2D eigenvalue weighted by Crippen LogP contribution is -2.17. The van der Waals surface area contributed by atoms with Crippen molar-refractivity contribution in [1.82, 2.24) is 20.1 Å². The molecule has 0 unspecified atom stereocenters. The zero-order chi connectivity index (χ0) is 15.2. The third-order valence-electron chi connectivity index (χ3n) is 3.41. The molecule has 0 radical (unpaired) electrons. The predicted octanol–water partition coefficient (Wildman–Crippen LogP) is 3.65. The monoisotopic (exact) mass is 350 g/mol. The van der Waals surface area contributed by atoms with E-state index >= 15 is 0 Å². The summed E-state index contributed by atoms with van der Waals surface area (Å²) in [6.07, 6.45) is 4.86. The number of hydrogen-bond donors (Lipinski definition) is 1. The summed E-state index contributed by atoms with van der Waals surface area (Å²) in [4.78, 5) is 4.60. The van der Waals surface area contributed by atoms with E-state index in [2.05, 4.69) is 59.1 Å². The van der Waals surface area contributed by atoms with E-state index in [1.54, 1.807) is 0 Å². The average Bonchev–Trinajstić information content (AvgIpc) is 2.91. The minimum absolute atomic E-state index is 0.806. The molecule has 2 rings (SSSR count). The highest BCUT2D eigenvalue weighted by atomic mass is 79.9. The van der Waals surface area contributed by atoms with Gasteiger partial charge in [0.15, 0.2) is 5.82 Å². The first-order chi connectivity index (χ1) is 10.2. The molecule has 0 spiro atoms. The molecule has 4 nitrogen and oxygen atoms in total. The highest BCUT2D eigenvalue weighted by Crippen LogP contribution is 2.20. The summed E-state index contributed by atoms with van der Waals surface area (Å²) >= 11 is 3.51. The van der Waals surface area contributed by atoms with Crippen LogP contribution in [0.25, 0.3) is 5.82 Å². The second-order valence-electron chi connectivity index (χ2n) is 5.06. The lowest BCUT2D eigenvalue weighted by Gasteiger charge is -2.12. The molecule has 0 aliphatic rings. The first-order valence-corrected chi connectivity index (χ1v) is 8.42. The van der Waals surface area contributed by atoms with Gasteiger partial charge in [0, 0.05) is 28.5 Å². The predicted molar refractivity (Wildman–Crippen MR) is 89.8 cm³/mol. The Morgan fingerprint density at radius 3 is 2.67 bits per heavy atom. The van der Waals surface area contributed by atoms with E-state index in [-0.39, 0.29) is 0 Å². The van der Waals surface area contributed by atoms with Crippen LogP contribution in [0.2, 0.25) is 0 Å². The van der Waals surface area contributed by atoms with Crippen LogP contribution in [0, 0.1) is 0 Å². The molecule has 114 valence electrons. The van der Waals surface area contributed by atoms with Gasteiger partial charge in [-0.05, 0) is 53.9 Å². The minimum atomic E-state index is 0.806. The van der Waals surface area contributed by atoms with Gasteiger partial charge >= 0.3 is 0 Å². The Labute approximate surface area is 135 Å². The molecule has 2 heterocycles. The molecule has 0 aromatic carbocycles. The largest absolute Gasteiger partial charge is 0.313 e. The topological polar surface area (TPSA) is 42.7 Å². The van der Waals surface area contributed by atoms with Crippen molar-refractivity contribution >= 4 is 15.9 Å². The van der Waals surface area contributed by atoms with Gasteiger partial charge in [-0.1, -0.05) is 20.8 Å². The van der Waals surface area contributed by atoms with E-state index in [0.717, 1.165) is 48.3 Å². The summed E-state index contributed by atoms with van der Waals surface area (Å²) in [7, 11) is 0. The molecular weight excluding hydrogens is 328 g/mol. The Morgan fingerprint density at radius 1 is 1.19 bits per heavy atom. The number of hydrogen-bond acceptors (Lipinski definition) is 3.